The number of carbonyl (C=O) groups is 1. The number of furan rings is 1. The van der Waals surface area contributed by atoms with Crippen LogP contribution >= 0.6 is 0 Å². The van der Waals surface area contributed by atoms with Gasteiger partial charge in [0.25, 0.3) is 0 Å². The molecule has 17 heavy (non-hydrogen) atoms. The molecular formula is C12H15NaO4. The summed E-state index contributed by atoms with van der Waals surface area (Å²) in [5.41, 5.74) is 1.07. The van der Waals surface area contributed by atoms with E-state index in [-0.39, 0.29) is 40.7 Å². The van der Waals surface area contributed by atoms with E-state index < -0.39 is 12.1 Å². The fourth-order valence-corrected chi connectivity index (χ4v) is 2.48. The van der Waals surface area contributed by atoms with E-state index in [0.717, 1.165) is 0 Å². The number of aliphatic hydroxyl groups excluding tert-OH is 1. The summed E-state index contributed by atoms with van der Waals surface area (Å²) in [5.74, 6) is -0.890. The molecule has 1 heterocycles. The second kappa shape index (κ2) is 4.76. The standard InChI is InChI=1S/C12H16O4.Na/c1-6-9-7(13)4-12(2,3)5-8(9)16-10(6)11(14)15;/h7,13H,4-5H2,1-3H3,(H,14,15);/q;+1/p-1. The van der Waals surface area contributed by atoms with Gasteiger partial charge in [0, 0.05) is 17.5 Å². The van der Waals surface area contributed by atoms with Crippen molar-refractivity contribution in [3.05, 3.63) is 22.6 Å². The van der Waals surface area contributed by atoms with Crippen LogP contribution in [0.3, 0.4) is 0 Å². The quantitative estimate of drug-likeness (QED) is 0.579. The summed E-state index contributed by atoms with van der Waals surface area (Å²) >= 11 is 0. The summed E-state index contributed by atoms with van der Waals surface area (Å²) in [7, 11) is 0. The summed E-state index contributed by atoms with van der Waals surface area (Å²) in [6.07, 6.45) is 0.621. The Bertz CT molecular complexity index is 448. The first kappa shape index (κ1) is 14.8. The number of carbonyl (C=O) groups excluding carboxylic acids is 1. The molecule has 0 saturated heterocycles. The van der Waals surface area contributed by atoms with Gasteiger partial charge >= 0.3 is 29.6 Å². The van der Waals surface area contributed by atoms with Gasteiger partial charge < -0.3 is 19.4 Å². The molecule has 5 heteroatoms. The molecule has 0 spiro atoms. The molecule has 2 rings (SSSR count). The van der Waals surface area contributed by atoms with Gasteiger partial charge in [-0.3, -0.25) is 0 Å². The molecule has 0 amide bonds. The Morgan fingerprint density at radius 2 is 2.12 bits per heavy atom. The molecule has 4 nitrogen and oxygen atoms in total. The van der Waals surface area contributed by atoms with Gasteiger partial charge in [0.15, 0.2) is 5.76 Å². The van der Waals surface area contributed by atoms with Crippen molar-refractivity contribution in [3.8, 4) is 0 Å². The topological polar surface area (TPSA) is 73.5 Å². The summed E-state index contributed by atoms with van der Waals surface area (Å²) < 4.78 is 5.28. The molecule has 0 aliphatic heterocycles. The molecule has 0 radical (unpaired) electrons. The smallest absolute Gasteiger partial charge is 0.542 e. The molecule has 88 valence electrons. The van der Waals surface area contributed by atoms with Crippen molar-refractivity contribution in [2.45, 2.75) is 39.7 Å². The predicted molar refractivity (Wildman–Crippen MR) is 54.8 cm³/mol. The van der Waals surface area contributed by atoms with E-state index in [4.69, 9.17) is 4.42 Å². The van der Waals surface area contributed by atoms with E-state index in [2.05, 4.69) is 0 Å². The van der Waals surface area contributed by atoms with Gasteiger partial charge in [0.05, 0.1) is 6.10 Å². The molecule has 0 saturated carbocycles. The zero-order valence-corrected chi connectivity index (χ0v) is 12.7. The summed E-state index contributed by atoms with van der Waals surface area (Å²) in [6.45, 7) is 5.69. The molecular weight excluding hydrogens is 231 g/mol. The Labute approximate surface area is 122 Å². The number of rotatable bonds is 1. The molecule has 0 bridgehead atoms. The number of aromatic carboxylic acids is 1. The fourth-order valence-electron chi connectivity index (χ4n) is 2.48. The minimum absolute atomic E-state index is 0. The SMILES string of the molecule is Cc1c(C(=O)[O-])oc2c1C(O)CC(C)(C)C2.[Na+]. The second-order valence-corrected chi connectivity index (χ2v) is 5.24. The Morgan fingerprint density at radius 1 is 1.53 bits per heavy atom. The Morgan fingerprint density at radius 3 is 2.65 bits per heavy atom. The third kappa shape index (κ3) is 2.60. The van der Waals surface area contributed by atoms with Crippen LogP contribution in [0.5, 0.6) is 0 Å². The third-order valence-electron chi connectivity index (χ3n) is 3.17. The van der Waals surface area contributed by atoms with Gasteiger partial charge in [-0.25, -0.2) is 0 Å². The van der Waals surface area contributed by atoms with E-state index in [9.17, 15) is 15.0 Å². The zero-order chi connectivity index (χ0) is 12.1. The number of hydrogen-bond donors (Lipinski definition) is 1. The van der Waals surface area contributed by atoms with Gasteiger partial charge in [0.2, 0.25) is 0 Å². The Kier molecular flexibility index (Phi) is 4.14. The largest absolute Gasteiger partial charge is 1.00 e. The minimum Gasteiger partial charge on any atom is -0.542 e. The van der Waals surface area contributed by atoms with Crippen molar-refractivity contribution < 1.29 is 49.0 Å². The van der Waals surface area contributed by atoms with Crippen molar-refractivity contribution in [1.29, 1.82) is 0 Å². The van der Waals surface area contributed by atoms with E-state index in [1.807, 2.05) is 13.8 Å². The third-order valence-corrected chi connectivity index (χ3v) is 3.17. The predicted octanol–water partition coefficient (Wildman–Crippen LogP) is -2.04. The maximum atomic E-state index is 10.8. The molecule has 1 aliphatic rings. The van der Waals surface area contributed by atoms with Crippen molar-refractivity contribution >= 4 is 5.97 Å². The zero-order valence-electron chi connectivity index (χ0n) is 10.7. The molecule has 1 atom stereocenters. The minimum atomic E-state index is -1.32. The van der Waals surface area contributed by atoms with Gasteiger partial charge in [-0.05, 0) is 18.8 Å². The van der Waals surface area contributed by atoms with Gasteiger partial charge in [-0.1, -0.05) is 13.8 Å². The van der Waals surface area contributed by atoms with E-state index in [1.165, 1.54) is 0 Å². The second-order valence-electron chi connectivity index (χ2n) is 5.24. The maximum absolute atomic E-state index is 10.8. The molecule has 0 fully saturated rings. The van der Waals surface area contributed by atoms with Crippen LogP contribution in [0.25, 0.3) is 0 Å². The number of fused-ring (bicyclic) bond motifs is 1. The maximum Gasteiger partial charge on any atom is 1.00 e. The van der Waals surface area contributed by atoms with Crippen LogP contribution in [0, 0.1) is 12.3 Å². The van der Waals surface area contributed by atoms with Crippen molar-refractivity contribution in [3.63, 3.8) is 0 Å². The summed E-state index contributed by atoms with van der Waals surface area (Å²) in [5, 5.41) is 20.8. The van der Waals surface area contributed by atoms with E-state index in [0.29, 0.717) is 29.7 Å². The van der Waals surface area contributed by atoms with Crippen LogP contribution in [-0.4, -0.2) is 11.1 Å². The van der Waals surface area contributed by atoms with Gasteiger partial charge in [-0.15, -0.1) is 0 Å². The van der Waals surface area contributed by atoms with Crippen LogP contribution in [0.2, 0.25) is 0 Å². The monoisotopic (exact) mass is 246 g/mol. The summed E-state index contributed by atoms with van der Waals surface area (Å²) in [6, 6.07) is 0. The first-order chi connectivity index (χ1) is 7.32. The molecule has 1 unspecified atom stereocenters. The molecule has 1 aromatic heterocycles. The van der Waals surface area contributed by atoms with Crippen LogP contribution in [0.15, 0.2) is 4.42 Å². The van der Waals surface area contributed by atoms with Crippen LogP contribution < -0.4 is 34.7 Å². The van der Waals surface area contributed by atoms with E-state index >= 15 is 0 Å². The number of hydrogen-bond acceptors (Lipinski definition) is 4. The average molecular weight is 246 g/mol. The average Bonchev–Trinajstić information content (AvgIpc) is 2.40. The van der Waals surface area contributed by atoms with Crippen LogP contribution in [-0.2, 0) is 6.42 Å². The molecule has 1 N–H and O–H groups in total. The molecule has 0 aromatic carbocycles. The van der Waals surface area contributed by atoms with Crippen molar-refractivity contribution in [2.75, 3.05) is 0 Å². The fraction of sp³-hybridized carbons (Fsp3) is 0.583. The Balaban J connectivity index is 0.00000144. The number of carboxylic acid groups (broad SMARTS) is 1. The number of carboxylic acids is 1. The Hall–Kier alpha value is -0.290. The van der Waals surface area contributed by atoms with Crippen LogP contribution in [0.4, 0.5) is 0 Å². The molecule has 1 aliphatic carbocycles. The van der Waals surface area contributed by atoms with E-state index in [1.54, 1.807) is 6.92 Å². The van der Waals surface area contributed by atoms with Crippen molar-refractivity contribution in [2.24, 2.45) is 5.41 Å². The summed E-state index contributed by atoms with van der Waals surface area (Å²) in [4.78, 5) is 10.8. The van der Waals surface area contributed by atoms with Gasteiger partial charge in [0.1, 0.15) is 11.7 Å². The van der Waals surface area contributed by atoms with Gasteiger partial charge in [-0.2, -0.15) is 0 Å². The van der Waals surface area contributed by atoms with Crippen LogP contribution in [0.1, 0.15) is 53.8 Å². The number of aliphatic hydroxyl groups is 1. The van der Waals surface area contributed by atoms with Crippen molar-refractivity contribution in [1.82, 2.24) is 0 Å². The first-order valence-electron chi connectivity index (χ1n) is 5.33. The first-order valence-corrected chi connectivity index (χ1v) is 5.33. The normalized spacial score (nSPS) is 21.5. The molecule has 1 aromatic rings.